The number of carboxylic acid groups (broad SMARTS) is 1. The van der Waals surface area contributed by atoms with Gasteiger partial charge in [-0.3, -0.25) is 14.4 Å². The standard InChI is InChI=1S/C30H34ClN5O4/c1-20(2)18-35(19-27(37)38)29(40)24-17-32-30(34-25(24)15-10-21-7-4-3-5-8-21)36-16-6-9-26(36)28(39)33-23-13-11-22(31)12-14-23/h3-5,7-8,11-14,17,20,26H,6,9-10,15-16,18-19H2,1-2H3,(H,33,39)(H,37,38). The van der Waals surface area contributed by atoms with E-state index in [9.17, 15) is 19.5 Å². The van der Waals surface area contributed by atoms with E-state index in [1.165, 1.54) is 11.1 Å². The molecule has 3 aromatic rings. The summed E-state index contributed by atoms with van der Waals surface area (Å²) >= 11 is 5.97. The number of aryl methyl sites for hydroxylation is 2. The lowest BCUT2D eigenvalue weighted by molar-refractivity contribution is -0.137. The molecular formula is C30H34ClN5O4. The second kappa shape index (κ2) is 13.4. The molecule has 2 aromatic carbocycles. The van der Waals surface area contributed by atoms with E-state index in [2.05, 4.69) is 10.3 Å². The Labute approximate surface area is 239 Å². The molecule has 1 unspecified atom stereocenters. The highest BCUT2D eigenvalue weighted by Gasteiger charge is 2.33. The molecule has 0 bridgehead atoms. The minimum Gasteiger partial charge on any atom is -0.480 e. The minimum atomic E-state index is -1.08. The van der Waals surface area contributed by atoms with Crippen molar-refractivity contribution in [1.29, 1.82) is 0 Å². The number of nitrogens with zero attached hydrogens (tertiary/aromatic N) is 4. The Kier molecular flexibility index (Phi) is 9.71. The molecule has 2 amide bonds. The maximum atomic E-state index is 13.6. The van der Waals surface area contributed by atoms with Crippen LogP contribution in [0.15, 0.2) is 60.8 Å². The van der Waals surface area contributed by atoms with E-state index in [4.69, 9.17) is 16.6 Å². The fourth-order valence-corrected chi connectivity index (χ4v) is 4.98. The summed E-state index contributed by atoms with van der Waals surface area (Å²) in [5.74, 6) is -1.20. The lowest BCUT2D eigenvalue weighted by Crippen LogP contribution is -2.41. The lowest BCUT2D eigenvalue weighted by atomic mass is 10.0. The number of aliphatic carboxylic acids is 1. The predicted molar refractivity (Wildman–Crippen MR) is 155 cm³/mol. The molecule has 0 spiro atoms. The number of hydrogen-bond donors (Lipinski definition) is 2. The summed E-state index contributed by atoms with van der Waals surface area (Å²) in [5.41, 5.74) is 2.55. The van der Waals surface area contributed by atoms with Crippen LogP contribution in [0.25, 0.3) is 0 Å². The number of amides is 2. The molecule has 1 aliphatic rings. The van der Waals surface area contributed by atoms with Gasteiger partial charge >= 0.3 is 5.97 Å². The zero-order valence-corrected chi connectivity index (χ0v) is 23.5. The smallest absolute Gasteiger partial charge is 0.323 e. The van der Waals surface area contributed by atoms with Crippen molar-refractivity contribution < 1.29 is 19.5 Å². The molecule has 1 aromatic heterocycles. The molecule has 0 radical (unpaired) electrons. The Hall–Kier alpha value is -3.98. The number of carbonyl (C=O) groups is 3. The van der Waals surface area contributed by atoms with Crippen molar-refractivity contribution in [2.75, 3.05) is 29.9 Å². The monoisotopic (exact) mass is 563 g/mol. The van der Waals surface area contributed by atoms with Crippen LogP contribution in [0.2, 0.25) is 5.02 Å². The Morgan fingerprint density at radius 2 is 1.82 bits per heavy atom. The molecule has 9 nitrogen and oxygen atoms in total. The van der Waals surface area contributed by atoms with Crippen LogP contribution in [0, 0.1) is 5.92 Å². The lowest BCUT2D eigenvalue weighted by Gasteiger charge is -2.26. The van der Waals surface area contributed by atoms with Gasteiger partial charge in [0.2, 0.25) is 11.9 Å². The van der Waals surface area contributed by atoms with Gasteiger partial charge in [0.25, 0.3) is 5.91 Å². The molecular weight excluding hydrogens is 530 g/mol. The topological polar surface area (TPSA) is 116 Å². The van der Waals surface area contributed by atoms with Gasteiger partial charge in [-0.05, 0) is 61.4 Å². The minimum absolute atomic E-state index is 0.0840. The Morgan fingerprint density at radius 3 is 2.50 bits per heavy atom. The van der Waals surface area contributed by atoms with Crippen molar-refractivity contribution in [3.63, 3.8) is 0 Å². The average Bonchev–Trinajstić information content (AvgIpc) is 3.43. The molecule has 0 saturated carbocycles. The van der Waals surface area contributed by atoms with Crippen molar-refractivity contribution in [2.24, 2.45) is 5.92 Å². The molecule has 4 rings (SSSR count). The third kappa shape index (κ3) is 7.57. The molecule has 1 saturated heterocycles. The summed E-state index contributed by atoms with van der Waals surface area (Å²) in [6.45, 7) is 4.35. The van der Waals surface area contributed by atoms with Crippen LogP contribution in [0.1, 0.15) is 48.3 Å². The van der Waals surface area contributed by atoms with E-state index in [1.54, 1.807) is 24.3 Å². The van der Waals surface area contributed by atoms with Gasteiger partial charge < -0.3 is 20.2 Å². The normalized spacial score (nSPS) is 14.8. The molecule has 40 heavy (non-hydrogen) atoms. The van der Waals surface area contributed by atoms with Crippen molar-refractivity contribution in [1.82, 2.24) is 14.9 Å². The van der Waals surface area contributed by atoms with E-state index in [0.29, 0.717) is 54.7 Å². The van der Waals surface area contributed by atoms with Gasteiger partial charge in [0.05, 0.1) is 11.3 Å². The van der Waals surface area contributed by atoms with Gasteiger partial charge in [-0.25, -0.2) is 9.97 Å². The Morgan fingerprint density at radius 1 is 1.10 bits per heavy atom. The van der Waals surface area contributed by atoms with Crippen molar-refractivity contribution in [3.05, 3.63) is 82.6 Å². The fourth-order valence-electron chi connectivity index (χ4n) is 4.85. The second-order valence-corrected chi connectivity index (χ2v) is 10.8. The number of rotatable bonds is 11. The van der Waals surface area contributed by atoms with Gasteiger partial charge in [-0.1, -0.05) is 55.8 Å². The molecule has 0 aliphatic carbocycles. The highest BCUT2D eigenvalue weighted by Crippen LogP contribution is 2.26. The molecule has 1 aliphatic heterocycles. The highest BCUT2D eigenvalue weighted by molar-refractivity contribution is 6.30. The van der Waals surface area contributed by atoms with Crippen molar-refractivity contribution >= 4 is 41.0 Å². The average molecular weight is 564 g/mol. The molecule has 2 N–H and O–H groups in total. The van der Waals surface area contributed by atoms with Crippen LogP contribution in [0.4, 0.5) is 11.6 Å². The van der Waals surface area contributed by atoms with Gasteiger partial charge in [0.15, 0.2) is 0 Å². The molecule has 210 valence electrons. The van der Waals surface area contributed by atoms with Crippen LogP contribution in [-0.4, -0.2) is 63.4 Å². The number of anilines is 2. The Balaban J connectivity index is 1.62. The Bertz CT molecular complexity index is 1330. The van der Waals surface area contributed by atoms with E-state index < -0.39 is 24.5 Å². The number of hydrogen-bond acceptors (Lipinski definition) is 6. The molecule has 1 atom stereocenters. The zero-order valence-electron chi connectivity index (χ0n) is 22.7. The van der Waals surface area contributed by atoms with Crippen LogP contribution >= 0.6 is 11.6 Å². The van der Waals surface area contributed by atoms with Gasteiger partial charge in [-0.2, -0.15) is 0 Å². The zero-order chi connectivity index (χ0) is 28.6. The summed E-state index contributed by atoms with van der Waals surface area (Å²) in [6.07, 6.45) is 4.01. The number of carboxylic acids is 1. The van der Waals surface area contributed by atoms with Crippen molar-refractivity contribution in [3.8, 4) is 0 Å². The van der Waals surface area contributed by atoms with Crippen LogP contribution in [-0.2, 0) is 22.4 Å². The molecule has 1 fully saturated rings. The number of carbonyl (C=O) groups excluding carboxylic acids is 2. The number of aromatic nitrogens is 2. The maximum Gasteiger partial charge on any atom is 0.323 e. The third-order valence-corrected chi connectivity index (χ3v) is 6.95. The maximum absolute atomic E-state index is 13.6. The molecule has 10 heteroatoms. The summed E-state index contributed by atoms with van der Waals surface area (Å²) < 4.78 is 0. The second-order valence-electron chi connectivity index (χ2n) is 10.3. The first kappa shape index (κ1) is 29.0. The highest BCUT2D eigenvalue weighted by atomic mass is 35.5. The van der Waals surface area contributed by atoms with Gasteiger partial charge in [-0.15, -0.1) is 0 Å². The van der Waals surface area contributed by atoms with Crippen LogP contribution in [0.3, 0.4) is 0 Å². The first-order valence-electron chi connectivity index (χ1n) is 13.4. The van der Waals surface area contributed by atoms with Crippen LogP contribution < -0.4 is 10.2 Å². The predicted octanol–water partition coefficient (Wildman–Crippen LogP) is 4.71. The number of halogens is 1. The van der Waals surface area contributed by atoms with E-state index in [-0.39, 0.29) is 17.4 Å². The third-order valence-electron chi connectivity index (χ3n) is 6.70. The van der Waals surface area contributed by atoms with Gasteiger partial charge in [0, 0.05) is 30.0 Å². The molecule has 2 heterocycles. The van der Waals surface area contributed by atoms with E-state index in [1.807, 2.05) is 49.1 Å². The summed E-state index contributed by atoms with van der Waals surface area (Å²) in [5, 5.41) is 13.0. The first-order chi connectivity index (χ1) is 19.2. The van der Waals surface area contributed by atoms with E-state index in [0.717, 1.165) is 12.0 Å². The van der Waals surface area contributed by atoms with Crippen molar-refractivity contribution in [2.45, 2.75) is 45.6 Å². The summed E-state index contributed by atoms with van der Waals surface area (Å²) in [4.78, 5) is 50.8. The quantitative estimate of drug-likeness (QED) is 0.347. The largest absolute Gasteiger partial charge is 0.480 e. The van der Waals surface area contributed by atoms with Crippen LogP contribution in [0.5, 0.6) is 0 Å². The van der Waals surface area contributed by atoms with Gasteiger partial charge in [0.1, 0.15) is 12.6 Å². The summed E-state index contributed by atoms with van der Waals surface area (Å²) in [6, 6.07) is 16.3. The first-order valence-corrected chi connectivity index (χ1v) is 13.8. The van der Waals surface area contributed by atoms with E-state index >= 15 is 0 Å². The number of nitrogens with one attached hydrogen (secondary N) is 1. The fraction of sp³-hybridized carbons (Fsp3) is 0.367. The number of benzene rings is 2. The SMILES string of the molecule is CC(C)CN(CC(=O)O)C(=O)c1cnc(N2CCCC2C(=O)Nc2ccc(Cl)cc2)nc1CCc1ccccc1. The summed E-state index contributed by atoms with van der Waals surface area (Å²) in [7, 11) is 0.